The van der Waals surface area contributed by atoms with Gasteiger partial charge in [-0.15, -0.1) is 0 Å². The van der Waals surface area contributed by atoms with Crippen molar-refractivity contribution in [3.8, 4) is 11.3 Å². The predicted molar refractivity (Wildman–Crippen MR) is 107 cm³/mol. The minimum Gasteiger partial charge on any atom is -0.475 e. The summed E-state index contributed by atoms with van der Waals surface area (Å²) < 4.78 is 31.7. The Labute approximate surface area is 175 Å². The van der Waals surface area contributed by atoms with Crippen LogP contribution in [0.3, 0.4) is 0 Å². The molecule has 0 saturated carbocycles. The van der Waals surface area contributed by atoms with Crippen LogP contribution in [0.4, 0.5) is 13.2 Å². The third kappa shape index (κ3) is 5.46. The molecule has 2 aliphatic heterocycles. The number of aliphatic carboxylic acids is 1. The third-order valence-electron chi connectivity index (χ3n) is 5.04. The number of halogens is 4. The number of nitrogens with zero attached hydrogens (tertiary/aromatic N) is 2. The van der Waals surface area contributed by atoms with Gasteiger partial charge in [-0.1, -0.05) is 29.8 Å². The highest BCUT2D eigenvalue weighted by atomic mass is 35.5. The zero-order chi connectivity index (χ0) is 21.0. The maximum absolute atomic E-state index is 10.6. The average molecular weight is 448 g/mol. The number of carboxylic acid groups (broad SMARTS) is 1. The molecular weight excluding hydrogens is 427 g/mol. The topological polar surface area (TPSA) is 69.2 Å². The minimum absolute atomic E-state index is 0.739. The van der Waals surface area contributed by atoms with E-state index in [1.807, 2.05) is 18.2 Å². The number of alkyl halides is 3. The number of hydrogen-bond donors (Lipinski definition) is 2. The molecule has 4 rings (SSSR count). The Bertz CT molecular complexity index is 853. The van der Waals surface area contributed by atoms with Crippen molar-refractivity contribution in [3.05, 3.63) is 40.5 Å². The van der Waals surface area contributed by atoms with Crippen molar-refractivity contribution < 1.29 is 23.1 Å². The first kappa shape index (κ1) is 22.0. The van der Waals surface area contributed by atoms with Crippen LogP contribution in [0.25, 0.3) is 11.3 Å². The van der Waals surface area contributed by atoms with Crippen LogP contribution in [0.5, 0.6) is 0 Å². The van der Waals surface area contributed by atoms with Crippen molar-refractivity contribution in [2.75, 3.05) is 18.1 Å². The molecule has 0 radical (unpaired) electrons. The maximum Gasteiger partial charge on any atom is 0.490 e. The lowest BCUT2D eigenvalue weighted by molar-refractivity contribution is -0.192. The van der Waals surface area contributed by atoms with E-state index in [1.54, 1.807) is 0 Å². The number of fused-ring (bicyclic) bond motifs is 1. The molecule has 3 heterocycles. The lowest BCUT2D eigenvalue weighted by atomic mass is 9.98. The van der Waals surface area contributed by atoms with E-state index in [-0.39, 0.29) is 0 Å². The van der Waals surface area contributed by atoms with Gasteiger partial charge in [0, 0.05) is 42.4 Å². The van der Waals surface area contributed by atoms with Crippen LogP contribution < -0.4 is 0 Å². The van der Waals surface area contributed by atoms with E-state index in [0.717, 1.165) is 41.8 Å². The normalized spacial score (nSPS) is 17.9. The van der Waals surface area contributed by atoms with E-state index >= 15 is 0 Å². The van der Waals surface area contributed by atoms with Crippen molar-refractivity contribution in [2.45, 2.75) is 38.0 Å². The molecule has 1 aromatic carbocycles. The summed E-state index contributed by atoms with van der Waals surface area (Å²) in [6, 6.07) is 8.74. The molecule has 1 saturated heterocycles. The molecule has 5 nitrogen and oxygen atoms in total. The van der Waals surface area contributed by atoms with E-state index in [4.69, 9.17) is 21.5 Å². The molecule has 0 unspecified atom stereocenters. The minimum atomic E-state index is -5.08. The fourth-order valence-corrected chi connectivity index (χ4v) is 4.86. The first-order valence-corrected chi connectivity index (χ1v) is 10.7. The van der Waals surface area contributed by atoms with E-state index in [9.17, 15) is 13.2 Å². The molecule has 0 atom stereocenters. The highest BCUT2D eigenvalue weighted by Gasteiger charge is 2.38. The lowest BCUT2D eigenvalue weighted by Crippen LogP contribution is -2.41. The standard InChI is InChI=1S/C17H20ClN3S.C2HF3O2/c18-15-4-2-1-3-13(15)17-14-11-21(8-5-16(14)19-20-17)12-6-9-22-10-7-12;3-2(4,5)1(6)7/h1-4,12H,5-11H2,(H,19,20);(H,6,7). The van der Waals surface area contributed by atoms with Gasteiger partial charge >= 0.3 is 12.1 Å². The number of nitrogens with one attached hydrogen (secondary N) is 1. The van der Waals surface area contributed by atoms with Gasteiger partial charge in [0.25, 0.3) is 0 Å². The number of H-pyrrole nitrogens is 1. The molecule has 2 N–H and O–H groups in total. The zero-order valence-electron chi connectivity index (χ0n) is 15.5. The summed E-state index contributed by atoms with van der Waals surface area (Å²) in [7, 11) is 0. The number of carboxylic acids is 1. The van der Waals surface area contributed by atoms with Crippen molar-refractivity contribution >= 4 is 29.3 Å². The summed E-state index contributed by atoms with van der Waals surface area (Å²) in [5.74, 6) is -0.152. The molecule has 2 aliphatic rings. The molecule has 10 heteroatoms. The van der Waals surface area contributed by atoms with Crippen molar-refractivity contribution in [2.24, 2.45) is 0 Å². The van der Waals surface area contributed by atoms with Gasteiger partial charge in [-0.2, -0.15) is 30.0 Å². The quantitative estimate of drug-likeness (QED) is 0.703. The van der Waals surface area contributed by atoms with Crippen LogP contribution in [-0.4, -0.2) is 56.4 Å². The number of aromatic nitrogens is 2. The van der Waals surface area contributed by atoms with Gasteiger partial charge in [-0.3, -0.25) is 10.00 Å². The van der Waals surface area contributed by atoms with Gasteiger partial charge in [0.1, 0.15) is 0 Å². The monoisotopic (exact) mass is 447 g/mol. The van der Waals surface area contributed by atoms with E-state index in [2.05, 4.69) is 32.9 Å². The molecule has 29 heavy (non-hydrogen) atoms. The first-order chi connectivity index (χ1) is 13.8. The Morgan fingerprint density at radius 3 is 2.55 bits per heavy atom. The van der Waals surface area contributed by atoms with Gasteiger partial charge in [0.05, 0.1) is 10.7 Å². The van der Waals surface area contributed by atoms with Gasteiger partial charge < -0.3 is 5.11 Å². The molecule has 0 spiro atoms. The fraction of sp³-hybridized carbons (Fsp3) is 0.474. The molecule has 0 aliphatic carbocycles. The Hall–Kier alpha value is -1.71. The van der Waals surface area contributed by atoms with Crippen LogP contribution >= 0.6 is 23.4 Å². The van der Waals surface area contributed by atoms with Crippen molar-refractivity contribution in [1.82, 2.24) is 15.1 Å². The Morgan fingerprint density at radius 1 is 1.28 bits per heavy atom. The molecule has 0 amide bonds. The van der Waals surface area contributed by atoms with Gasteiger partial charge in [-0.05, 0) is 30.4 Å². The summed E-state index contributed by atoms with van der Waals surface area (Å²) in [5, 5.41) is 15.7. The van der Waals surface area contributed by atoms with Crippen LogP contribution in [0.15, 0.2) is 24.3 Å². The molecule has 158 valence electrons. The average Bonchev–Trinajstić information content (AvgIpc) is 3.12. The van der Waals surface area contributed by atoms with Crippen molar-refractivity contribution in [3.63, 3.8) is 0 Å². The van der Waals surface area contributed by atoms with E-state index in [0.29, 0.717) is 0 Å². The summed E-state index contributed by atoms with van der Waals surface area (Å²) in [4.78, 5) is 11.5. The second kappa shape index (κ2) is 9.40. The van der Waals surface area contributed by atoms with Gasteiger partial charge in [-0.25, -0.2) is 4.79 Å². The molecule has 2 aromatic rings. The van der Waals surface area contributed by atoms with E-state index < -0.39 is 12.1 Å². The SMILES string of the molecule is Clc1ccccc1-c1n[nH]c2c1CN(C1CCSCC1)CC2.O=C(O)C(F)(F)F. The first-order valence-electron chi connectivity index (χ1n) is 9.20. The maximum atomic E-state index is 10.6. The highest BCUT2D eigenvalue weighted by molar-refractivity contribution is 7.99. The van der Waals surface area contributed by atoms with Crippen LogP contribution in [0.1, 0.15) is 24.1 Å². The van der Waals surface area contributed by atoms with Gasteiger partial charge in [0.2, 0.25) is 0 Å². The Kier molecular flexibility index (Phi) is 7.13. The number of benzene rings is 1. The second-order valence-corrected chi connectivity index (χ2v) is 8.51. The highest BCUT2D eigenvalue weighted by Crippen LogP contribution is 2.34. The molecule has 0 bridgehead atoms. The van der Waals surface area contributed by atoms with Crippen LogP contribution in [0.2, 0.25) is 5.02 Å². The number of rotatable bonds is 2. The lowest BCUT2D eigenvalue weighted by Gasteiger charge is -2.36. The molecular formula is C19H21ClF3N3O2S. The van der Waals surface area contributed by atoms with Gasteiger partial charge in [0.15, 0.2) is 0 Å². The second-order valence-electron chi connectivity index (χ2n) is 6.88. The Morgan fingerprint density at radius 2 is 1.93 bits per heavy atom. The van der Waals surface area contributed by atoms with Crippen LogP contribution in [-0.2, 0) is 17.8 Å². The Balaban J connectivity index is 0.000000298. The number of hydrogen-bond acceptors (Lipinski definition) is 4. The fourth-order valence-electron chi connectivity index (χ4n) is 3.55. The number of thioether (sulfide) groups is 1. The summed E-state index contributed by atoms with van der Waals surface area (Å²) in [6.07, 6.45) is -1.38. The predicted octanol–water partition coefficient (Wildman–Crippen LogP) is 4.62. The summed E-state index contributed by atoms with van der Waals surface area (Å²) in [5.41, 5.74) is 4.71. The zero-order valence-corrected chi connectivity index (χ0v) is 17.1. The summed E-state index contributed by atoms with van der Waals surface area (Å²) >= 11 is 8.46. The molecule has 1 aromatic heterocycles. The van der Waals surface area contributed by atoms with Crippen molar-refractivity contribution in [1.29, 1.82) is 0 Å². The third-order valence-corrected chi connectivity index (χ3v) is 6.42. The largest absolute Gasteiger partial charge is 0.490 e. The number of aromatic amines is 1. The molecule has 1 fully saturated rings. The van der Waals surface area contributed by atoms with E-state index in [1.165, 1.54) is 35.6 Å². The smallest absolute Gasteiger partial charge is 0.475 e. The van der Waals surface area contributed by atoms with Crippen LogP contribution in [0, 0.1) is 0 Å². The summed E-state index contributed by atoms with van der Waals surface area (Å²) in [6.45, 7) is 2.15. The number of carbonyl (C=O) groups is 1.